The minimum atomic E-state index is -0.433. The van der Waals surface area contributed by atoms with Crippen molar-refractivity contribution in [2.24, 2.45) is 0 Å². The number of amides is 2. The van der Waals surface area contributed by atoms with E-state index in [1.807, 2.05) is 42.2 Å². The Labute approximate surface area is 176 Å². The first-order valence-electron chi connectivity index (χ1n) is 10.2. The third-order valence-electron chi connectivity index (χ3n) is 5.36. The van der Waals surface area contributed by atoms with Crippen LogP contribution in [-0.2, 0) is 11.3 Å². The number of benzene rings is 2. The quantitative estimate of drug-likeness (QED) is 0.700. The van der Waals surface area contributed by atoms with E-state index < -0.39 is 5.82 Å². The highest BCUT2D eigenvalue weighted by atomic mass is 19.1. The van der Waals surface area contributed by atoms with Crippen molar-refractivity contribution in [3.63, 3.8) is 0 Å². The highest BCUT2D eigenvalue weighted by molar-refractivity contribution is 5.94. The number of hydrogen-bond donors (Lipinski definition) is 0. The fraction of sp³-hybridized carbons (Fsp3) is 0.391. The van der Waals surface area contributed by atoms with Crippen LogP contribution in [0.1, 0.15) is 22.8 Å². The van der Waals surface area contributed by atoms with Gasteiger partial charge in [-0.05, 0) is 36.8 Å². The van der Waals surface area contributed by atoms with Crippen LogP contribution in [0, 0.1) is 5.82 Å². The van der Waals surface area contributed by atoms with E-state index in [1.54, 1.807) is 17.0 Å². The first kappa shape index (κ1) is 21.8. The Morgan fingerprint density at radius 1 is 1.07 bits per heavy atom. The van der Waals surface area contributed by atoms with Gasteiger partial charge in [-0.15, -0.1) is 0 Å². The van der Waals surface area contributed by atoms with Gasteiger partial charge in [-0.2, -0.15) is 0 Å². The Balaban J connectivity index is 1.51. The fourth-order valence-corrected chi connectivity index (χ4v) is 3.57. The first-order valence-corrected chi connectivity index (χ1v) is 10.2. The number of rotatable bonds is 7. The average molecular weight is 413 g/mol. The highest BCUT2D eigenvalue weighted by Gasteiger charge is 2.24. The van der Waals surface area contributed by atoms with Crippen LogP contribution in [0.3, 0.4) is 0 Å². The van der Waals surface area contributed by atoms with Crippen LogP contribution in [0.4, 0.5) is 4.39 Å². The topological polar surface area (TPSA) is 53.1 Å². The fourth-order valence-electron chi connectivity index (χ4n) is 3.57. The molecule has 0 spiro atoms. The van der Waals surface area contributed by atoms with Gasteiger partial charge in [-0.25, -0.2) is 4.39 Å². The Hall–Kier alpha value is -2.93. The molecule has 1 aliphatic heterocycles. The van der Waals surface area contributed by atoms with Crippen molar-refractivity contribution in [2.45, 2.75) is 13.5 Å². The third-order valence-corrected chi connectivity index (χ3v) is 5.36. The number of ether oxygens (including phenoxy) is 1. The number of halogens is 1. The molecule has 0 bridgehead atoms. The Morgan fingerprint density at radius 3 is 2.37 bits per heavy atom. The van der Waals surface area contributed by atoms with Crippen LogP contribution in [-0.4, -0.2) is 72.9 Å². The molecule has 1 saturated heterocycles. The zero-order chi connectivity index (χ0) is 21.5. The number of carbonyl (C=O) groups is 2. The largest absolute Gasteiger partial charge is 0.494 e. The van der Waals surface area contributed by atoms with Gasteiger partial charge in [0.2, 0.25) is 5.91 Å². The standard InChI is InChI=1S/C23H28FN3O3/c1-3-26(16-18-9-10-21(30-2)20(24)15-18)22(28)17-25-11-13-27(14-12-25)23(29)19-7-5-4-6-8-19/h4-10,15H,3,11-14,16-17H2,1-2H3. The summed E-state index contributed by atoms with van der Waals surface area (Å²) in [4.78, 5) is 30.9. The van der Waals surface area contributed by atoms with Crippen molar-refractivity contribution in [1.29, 1.82) is 0 Å². The average Bonchev–Trinajstić information content (AvgIpc) is 2.78. The lowest BCUT2D eigenvalue weighted by atomic mass is 10.1. The molecule has 0 saturated carbocycles. The molecule has 30 heavy (non-hydrogen) atoms. The molecule has 0 radical (unpaired) electrons. The Morgan fingerprint density at radius 2 is 1.77 bits per heavy atom. The lowest BCUT2D eigenvalue weighted by Gasteiger charge is -2.35. The minimum absolute atomic E-state index is 0.00318. The predicted octanol–water partition coefficient (Wildman–Crippen LogP) is 2.64. The van der Waals surface area contributed by atoms with E-state index in [0.717, 1.165) is 5.56 Å². The van der Waals surface area contributed by atoms with E-state index in [4.69, 9.17) is 4.74 Å². The summed E-state index contributed by atoms with van der Waals surface area (Å²) >= 11 is 0. The Bertz CT molecular complexity index is 867. The molecule has 1 heterocycles. The Kier molecular flexibility index (Phi) is 7.41. The monoisotopic (exact) mass is 413 g/mol. The van der Waals surface area contributed by atoms with Gasteiger partial charge in [0.25, 0.3) is 5.91 Å². The van der Waals surface area contributed by atoms with E-state index in [0.29, 0.717) is 51.4 Å². The van der Waals surface area contributed by atoms with Gasteiger partial charge < -0.3 is 14.5 Å². The SMILES string of the molecule is CCN(Cc1ccc(OC)c(F)c1)C(=O)CN1CCN(C(=O)c2ccccc2)CC1. The third kappa shape index (κ3) is 5.36. The van der Waals surface area contributed by atoms with Crippen LogP contribution < -0.4 is 4.74 Å². The molecule has 0 N–H and O–H groups in total. The molecule has 1 aliphatic rings. The summed E-state index contributed by atoms with van der Waals surface area (Å²) in [5.74, 6) is -0.219. The maximum atomic E-state index is 13.9. The van der Waals surface area contributed by atoms with Crippen LogP contribution in [0.15, 0.2) is 48.5 Å². The number of methoxy groups -OCH3 is 1. The van der Waals surface area contributed by atoms with E-state index in [1.165, 1.54) is 13.2 Å². The second-order valence-corrected chi connectivity index (χ2v) is 7.31. The number of nitrogens with zero attached hydrogens (tertiary/aromatic N) is 3. The molecule has 3 rings (SSSR count). The van der Waals surface area contributed by atoms with E-state index in [9.17, 15) is 14.0 Å². The summed E-state index contributed by atoms with van der Waals surface area (Å²) in [7, 11) is 1.42. The molecule has 2 aromatic rings. The number of piperazine rings is 1. The van der Waals surface area contributed by atoms with Crippen molar-refractivity contribution in [1.82, 2.24) is 14.7 Å². The van der Waals surface area contributed by atoms with Gasteiger partial charge >= 0.3 is 0 Å². The smallest absolute Gasteiger partial charge is 0.253 e. The highest BCUT2D eigenvalue weighted by Crippen LogP contribution is 2.19. The summed E-state index contributed by atoms with van der Waals surface area (Å²) in [5.41, 5.74) is 1.41. The summed E-state index contributed by atoms with van der Waals surface area (Å²) in [6, 6.07) is 14.0. The van der Waals surface area contributed by atoms with Crippen molar-refractivity contribution in [3.05, 3.63) is 65.5 Å². The van der Waals surface area contributed by atoms with Gasteiger partial charge in [0.05, 0.1) is 13.7 Å². The van der Waals surface area contributed by atoms with Crippen molar-refractivity contribution >= 4 is 11.8 Å². The second-order valence-electron chi connectivity index (χ2n) is 7.31. The number of hydrogen-bond acceptors (Lipinski definition) is 4. The van der Waals surface area contributed by atoms with Crippen molar-refractivity contribution < 1.29 is 18.7 Å². The van der Waals surface area contributed by atoms with Gasteiger partial charge in [0, 0.05) is 44.8 Å². The molecule has 1 fully saturated rings. The van der Waals surface area contributed by atoms with Crippen molar-refractivity contribution in [3.8, 4) is 5.75 Å². The molecule has 2 amide bonds. The summed E-state index contributed by atoms with van der Waals surface area (Å²) in [5, 5.41) is 0. The molecule has 0 atom stereocenters. The number of likely N-dealkylation sites (N-methyl/N-ethyl adjacent to an activating group) is 1. The zero-order valence-corrected chi connectivity index (χ0v) is 17.5. The van der Waals surface area contributed by atoms with Crippen molar-refractivity contribution in [2.75, 3.05) is 46.4 Å². The molecule has 2 aromatic carbocycles. The van der Waals surface area contributed by atoms with E-state index in [2.05, 4.69) is 4.90 Å². The van der Waals surface area contributed by atoms with Gasteiger partial charge in [0.15, 0.2) is 11.6 Å². The van der Waals surface area contributed by atoms with Crippen LogP contribution in [0.25, 0.3) is 0 Å². The van der Waals surface area contributed by atoms with Gasteiger partial charge in [-0.1, -0.05) is 24.3 Å². The zero-order valence-electron chi connectivity index (χ0n) is 17.5. The van der Waals surface area contributed by atoms with Crippen LogP contribution >= 0.6 is 0 Å². The lowest BCUT2D eigenvalue weighted by molar-refractivity contribution is -0.133. The lowest BCUT2D eigenvalue weighted by Crippen LogP contribution is -2.51. The molecular weight excluding hydrogens is 385 g/mol. The summed E-state index contributed by atoms with van der Waals surface area (Å²) < 4.78 is 18.9. The molecule has 0 aliphatic carbocycles. The first-order chi connectivity index (χ1) is 14.5. The van der Waals surface area contributed by atoms with Gasteiger partial charge in [0.1, 0.15) is 0 Å². The van der Waals surface area contributed by atoms with E-state index in [-0.39, 0.29) is 17.6 Å². The predicted molar refractivity (Wildman–Crippen MR) is 113 cm³/mol. The summed E-state index contributed by atoms with van der Waals surface area (Å²) in [6.45, 7) is 5.58. The molecule has 7 heteroatoms. The molecule has 6 nitrogen and oxygen atoms in total. The molecule has 0 unspecified atom stereocenters. The number of carbonyl (C=O) groups excluding carboxylic acids is 2. The molecule has 160 valence electrons. The maximum Gasteiger partial charge on any atom is 0.253 e. The van der Waals surface area contributed by atoms with Gasteiger partial charge in [-0.3, -0.25) is 14.5 Å². The molecular formula is C23H28FN3O3. The normalized spacial score (nSPS) is 14.4. The maximum absolute atomic E-state index is 13.9. The molecule has 0 aromatic heterocycles. The van der Waals surface area contributed by atoms with E-state index >= 15 is 0 Å². The second kappa shape index (κ2) is 10.2. The minimum Gasteiger partial charge on any atom is -0.494 e. The van der Waals surface area contributed by atoms with Crippen LogP contribution in [0.2, 0.25) is 0 Å². The summed E-state index contributed by atoms with van der Waals surface area (Å²) in [6.07, 6.45) is 0. The van der Waals surface area contributed by atoms with Crippen LogP contribution in [0.5, 0.6) is 5.75 Å².